The van der Waals surface area contributed by atoms with Gasteiger partial charge in [0.15, 0.2) is 0 Å². The van der Waals surface area contributed by atoms with Gasteiger partial charge in [0.25, 0.3) is 0 Å². The molecule has 1 aromatic heterocycles. The van der Waals surface area contributed by atoms with E-state index in [9.17, 15) is 10.1 Å². The van der Waals surface area contributed by atoms with Crippen molar-refractivity contribution < 1.29 is 4.79 Å². The first-order chi connectivity index (χ1) is 13.2. The van der Waals surface area contributed by atoms with E-state index in [1.54, 1.807) is 0 Å². The Bertz CT molecular complexity index is 901. The Balaban J connectivity index is 1.50. The first-order valence-electron chi connectivity index (χ1n) is 9.64. The number of nitriles is 1. The number of fused-ring (bicyclic) bond motifs is 1. The van der Waals surface area contributed by atoms with E-state index in [0.29, 0.717) is 18.7 Å². The van der Waals surface area contributed by atoms with Crippen molar-refractivity contribution in [2.75, 3.05) is 24.5 Å². The summed E-state index contributed by atoms with van der Waals surface area (Å²) >= 11 is 0. The molecular weight excluding hydrogens is 336 g/mol. The number of carbonyl (C=O) groups is 1. The van der Waals surface area contributed by atoms with Crippen LogP contribution in [0.15, 0.2) is 36.4 Å². The summed E-state index contributed by atoms with van der Waals surface area (Å²) < 4.78 is 0. The molecule has 2 aromatic rings. The predicted molar refractivity (Wildman–Crippen MR) is 104 cm³/mol. The van der Waals surface area contributed by atoms with Gasteiger partial charge in [0.1, 0.15) is 11.9 Å². The van der Waals surface area contributed by atoms with Crippen LogP contribution in [0.4, 0.5) is 5.82 Å². The molecule has 5 nitrogen and oxygen atoms in total. The number of anilines is 1. The molecule has 138 valence electrons. The summed E-state index contributed by atoms with van der Waals surface area (Å²) in [5.74, 6) is 0.928. The molecule has 2 aliphatic heterocycles. The fraction of sp³-hybridized carbons (Fsp3) is 0.409. The Morgan fingerprint density at radius 1 is 1.19 bits per heavy atom. The topological polar surface area (TPSA) is 60.2 Å². The van der Waals surface area contributed by atoms with Crippen molar-refractivity contribution in [2.45, 2.75) is 32.7 Å². The first-order valence-corrected chi connectivity index (χ1v) is 9.64. The van der Waals surface area contributed by atoms with E-state index in [1.165, 1.54) is 11.1 Å². The number of benzene rings is 1. The predicted octanol–water partition coefficient (Wildman–Crippen LogP) is 3.06. The minimum absolute atomic E-state index is 0.0298. The molecule has 0 saturated carbocycles. The van der Waals surface area contributed by atoms with E-state index in [2.05, 4.69) is 34.2 Å². The van der Waals surface area contributed by atoms with Crippen LogP contribution in [0.1, 0.15) is 35.2 Å². The van der Waals surface area contributed by atoms with E-state index >= 15 is 0 Å². The highest BCUT2D eigenvalue weighted by atomic mass is 16.2. The molecule has 0 bridgehead atoms. The largest absolute Gasteiger partial charge is 0.355 e. The fourth-order valence-corrected chi connectivity index (χ4v) is 4.18. The van der Waals surface area contributed by atoms with Gasteiger partial charge >= 0.3 is 0 Å². The number of hydrogen-bond acceptors (Lipinski definition) is 4. The molecule has 1 unspecified atom stereocenters. The van der Waals surface area contributed by atoms with E-state index < -0.39 is 0 Å². The van der Waals surface area contributed by atoms with Crippen LogP contribution in [0, 0.1) is 24.2 Å². The quantitative estimate of drug-likeness (QED) is 0.826. The van der Waals surface area contributed by atoms with Crippen molar-refractivity contribution in [3.8, 4) is 6.07 Å². The van der Waals surface area contributed by atoms with E-state index in [0.717, 1.165) is 43.9 Å². The molecule has 27 heavy (non-hydrogen) atoms. The van der Waals surface area contributed by atoms with Gasteiger partial charge in [0.2, 0.25) is 5.91 Å². The number of pyridine rings is 1. The van der Waals surface area contributed by atoms with Gasteiger partial charge in [-0.3, -0.25) is 4.79 Å². The number of hydrogen-bond donors (Lipinski definition) is 0. The van der Waals surface area contributed by atoms with Crippen LogP contribution in [-0.2, 0) is 17.8 Å². The number of aryl methyl sites for hydroxylation is 1. The SMILES string of the molecule is Cc1ccc(C#N)c(N2CCCC(C(=O)N3CCc4ccccc4C3)C2)n1. The zero-order valence-corrected chi connectivity index (χ0v) is 15.7. The third-order valence-corrected chi connectivity index (χ3v) is 5.65. The molecule has 1 fully saturated rings. The van der Waals surface area contributed by atoms with Gasteiger partial charge in [-0.15, -0.1) is 0 Å². The van der Waals surface area contributed by atoms with Gasteiger partial charge in [-0.1, -0.05) is 24.3 Å². The molecule has 0 N–H and O–H groups in total. The lowest BCUT2D eigenvalue weighted by Crippen LogP contribution is -2.46. The van der Waals surface area contributed by atoms with E-state index in [4.69, 9.17) is 0 Å². The third kappa shape index (κ3) is 3.52. The normalized spacial score (nSPS) is 19.3. The van der Waals surface area contributed by atoms with Crippen molar-refractivity contribution >= 4 is 11.7 Å². The molecule has 1 atom stereocenters. The van der Waals surface area contributed by atoms with Crippen molar-refractivity contribution in [1.29, 1.82) is 5.26 Å². The summed E-state index contributed by atoms with van der Waals surface area (Å²) in [6.07, 6.45) is 2.78. The van der Waals surface area contributed by atoms with Gasteiger partial charge in [-0.2, -0.15) is 5.26 Å². The van der Waals surface area contributed by atoms with Crippen LogP contribution in [0.25, 0.3) is 0 Å². The van der Waals surface area contributed by atoms with E-state index in [1.807, 2.05) is 30.0 Å². The van der Waals surface area contributed by atoms with Crippen LogP contribution in [0.3, 0.4) is 0 Å². The second-order valence-electron chi connectivity index (χ2n) is 7.50. The number of carbonyl (C=O) groups excluding carboxylic acids is 1. The second-order valence-corrected chi connectivity index (χ2v) is 7.50. The Morgan fingerprint density at radius 3 is 2.81 bits per heavy atom. The Labute approximate surface area is 160 Å². The Morgan fingerprint density at radius 2 is 2.00 bits per heavy atom. The lowest BCUT2D eigenvalue weighted by Gasteiger charge is -2.37. The molecule has 0 spiro atoms. The zero-order chi connectivity index (χ0) is 18.8. The smallest absolute Gasteiger partial charge is 0.227 e. The third-order valence-electron chi connectivity index (χ3n) is 5.65. The van der Waals surface area contributed by atoms with Crippen molar-refractivity contribution in [1.82, 2.24) is 9.88 Å². The number of amides is 1. The lowest BCUT2D eigenvalue weighted by atomic mass is 9.93. The average Bonchev–Trinajstić information content (AvgIpc) is 2.73. The van der Waals surface area contributed by atoms with E-state index in [-0.39, 0.29) is 11.8 Å². The summed E-state index contributed by atoms with van der Waals surface area (Å²) in [6, 6.07) is 14.3. The molecule has 3 heterocycles. The maximum absolute atomic E-state index is 13.2. The van der Waals surface area contributed by atoms with Crippen LogP contribution in [0.2, 0.25) is 0 Å². The molecule has 1 aromatic carbocycles. The van der Waals surface area contributed by atoms with Gasteiger partial charge in [-0.05, 0) is 49.4 Å². The van der Waals surface area contributed by atoms with Crippen molar-refractivity contribution in [2.24, 2.45) is 5.92 Å². The van der Waals surface area contributed by atoms with Crippen molar-refractivity contribution in [3.63, 3.8) is 0 Å². The second kappa shape index (κ2) is 7.40. The summed E-state index contributed by atoms with van der Waals surface area (Å²) in [7, 11) is 0. The molecule has 1 amide bonds. The minimum atomic E-state index is -0.0298. The fourth-order valence-electron chi connectivity index (χ4n) is 4.18. The highest BCUT2D eigenvalue weighted by Crippen LogP contribution is 2.27. The zero-order valence-electron chi connectivity index (χ0n) is 15.7. The molecule has 0 aliphatic carbocycles. The summed E-state index contributed by atoms with van der Waals surface area (Å²) in [4.78, 5) is 21.9. The van der Waals surface area contributed by atoms with Gasteiger partial charge in [0.05, 0.1) is 11.5 Å². The summed E-state index contributed by atoms with van der Waals surface area (Å²) in [5.41, 5.74) is 4.09. The van der Waals surface area contributed by atoms with Crippen LogP contribution in [-0.4, -0.2) is 35.4 Å². The van der Waals surface area contributed by atoms with Crippen molar-refractivity contribution in [3.05, 3.63) is 58.8 Å². The Kier molecular flexibility index (Phi) is 4.81. The average molecular weight is 360 g/mol. The van der Waals surface area contributed by atoms with Gasteiger partial charge in [0, 0.05) is 31.9 Å². The summed E-state index contributed by atoms with van der Waals surface area (Å²) in [6.45, 7) is 4.92. The van der Waals surface area contributed by atoms with Crippen LogP contribution in [0.5, 0.6) is 0 Å². The monoisotopic (exact) mass is 360 g/mol. The molecule has 5 heteroatoms. The standard InChI is InChI=1S/C22H24N4O/c1-16-8-9-18(13-23)21(24-16)25-11-4-7-20(15-25)22(27)26-12-10-17-5-2-3-6-19(17)14-26/h2-3,5-6,8-9,20H,4,7,10-12,14-15H2,1H3. The number of piperidine rings is 1. The molecule has 4 rings (SSSR count). The molecule has 2 aliphatic rings. The number of nitrogens with zero attached hydrogens (tertiary/aromatic N) is 4. The highest BCUT2D eigenvalue weighted by molar-refractivity contribution is 5.80. The van der Waals surface area contributed by atoms with Crippen LogP contribution >= 0.6 is 0 Å². The first kappa shape index (κ1) is 17.5. The molecule has 0 radical (unpaired) electrons. The Hall–Kier alpha value is -2.87. The van der Waals surface area contributed by atoms with Gasteiger partial charge in [-0.25, -0.2) is 4.98 Å². The maximum Gasteiger partial charge on any atom is 0.227 e. The summed E-state index contributed by atoms with van der Waals surface area (Å²) in [5, 5.41) is 9.42. The number of rotatable bonds is 2. The molecular formula is C22H24N4O. The minimum Gasteiger partial charge on any atom is -0.355 e. The maximum atomic E-state index is 13.2. The van der Waals surface area contributed by atoms with Crippen LogP contribution < -0.4 is 4.90 Å². The van der Waals surface area contributed by atoms with Gasteiger partial charge < -0.3 is 9.80 Å². The lowest BCUT2D eigenvalue weighted by molar-refractivity contribution is -0.136. The molecule has 1 saturated heterocycles. The number of aromatic nitrogens is 1. The highest BCUT2D eigenvalue weighted by Gasteiger charge is 2.32.